The molecule has 0 fully saturated rings. The first-order valence-electron chi connectivity index (χ1n) is 22.0. The summed E-state index contributed by atoms with van der Waals surface area (Å²) in [5.41, 5.74) is -3.19. The molecule has 1 atom stereocenters. The summed E-state index contributed by atoms with van der Waals surface area (Å²) >= 11 is 0. The minimum atomic E-state index is -5.57. The van der Waals surface area contributed by atoms with Crippen LogP contribution < -0.4 is 10.2 Å². The minimum Gasteiger partial charge on any atom is -0.481 e. The van der Waals surface area contributed by atoms with Crippen molar-refractivity contribution in [2.75, 3.05) is 36.0 Å². The lowest BCUT2D eigenvalue weighted by Crippen LogP contribution is -2.52. The average Bonchev–Trinajstić information content (AvgIpc) is 3.57. The van der Waals surface area contributed by atoms with Crippen LogP contribution in [0.3, 0.4) is 0 Å². The number of anilines is 1. The molecule has 390 valence electrons. The van der Waals surface area contributed by atoms with Gasteiger partial charge in [-0.1, -0.05) is 38.5 Å². The van der Waals surface area contributed by atoms with Gasteiger partial charge < -0.3 is 15.3 Å². The number of rotatable bonds is 21. The van der Waals surface area contributed by atoms with Crippen LogP contribution in [-0.2, 0) is 65.7 Å². The summed E-state index contributed by atoms with van der Waals surface area (Å²) < 4.78 is 181. The fourth-order valence-corrected chi connectivity index (χ4v) is 11.3. The molecule has 19 nitrogen and oxygen atoms in total. The topological polar surface area (TPSA) is 307 Å². The van der Waals surface area contributed by atoms with E-state index in [9.17, 15) is 79.4 Å². The second-order valence-electron chi connectivity index (χ2n) is 18.6. The Bertz CT molecular complexity index is 3120. The molecule has 2 aliphatic heterocycles. The zero-order valence-electron chi connectivity index (χ0n) is 38.9. The number of nitrogens with one attached hydrogen (secondary N) is 1. The third-order valence-electron chi connectivity index (χ3n) is 12.7. The average molecular weight is 1080 g/mol. The number of carboxylic acid groups (broad SMARTS) is 1. The first-order chi connectivity index (χ1) is 32.5. The van der Waals surface area contributed by atoms with Gasteiger partial charge in [-0.25, -0.2) is 0 Å². The number of halogens is 3. The maximum absolute atomic E-state index is 14.9. The fraction of sp³-hybridized carbons (Fsp3) is 0.467. The van der Waals surface area contributed by atoms with Crippen molar-refractivity contribution in [2.45, 2.75) is 106 Å². The number of allylic oxidation sites excluding steroid dienone is 8. The van der Waals surface area contributed by atoms with Crippen LogP contribution >= 0.6 is 0 Å². The maximum atomic E-state index is 14.9. The number of carbonyl (C=O) groups is 3. The van der Waals surface area contributed by atoms with Crippen LogP contribution in [0.25, 0.3) is 0 Å². The van der Waals surface area contributed by atoms with E-state index in [0.29, 0.717) is 33.9 Å². The normalized spacial score (nSPS) is 20.4. The third-order valence-corrected chi connectivity index (χ3v) is 16.0. The van der Waals surface area contributed by atoms with Gasteiger partial charge in [0.1, 0.15) is 12.0 Å². The van der Waals surface area contributed by atoms with Crippen LogP contribution in [0.15, 0.2) is 93.4 Å². The van der Waals surface area contributed by atoms with Gasteiger partial charge in [0.25, 0.3) is 46.3 Å². The molecule has 1 unspecified atom stereocenters. The summed E-state index contributed by atoms with van der Waals surface area (Å²) in [5, 5.41) is 11.4. The highest BCUT2D eigenvalue weighted by molar-refractivity contribution is 7.86. The number of amides is 1. The Morgan fingerprint density at radius 2 is 1.34 bits per heavy atom. The highest BCUT2D eigenvalue weighted by Crippen LogP contribution is 2.50. The van der Waals surface area contributed by atoms with E-state index in [1.165, 1.54) is 54.6 Å². The fourth-order valence-electron chi connectivity index (χ4n) is 9.25. The standard InChI is InChI=1S/C45H54F3N3O16S4/c1-42(2)33-25-31(70(62,63)64)13-15-35(33)50(20-8-22-68(56,57)58)37(42)17-11-29-24-30(28-44(27-29,40(54)45(46,47)48)41(55)49-19-7-5-6-10-39(52)53)12-18-38-43(3,4)34-26-32(71(65,66)67)14-16-36(34)51(38)21-9-23-69(59,60)61/h11-18,24-26H,5-10,19-23,27-28H2,1-4H3,(H5-,49,52,53,55,56,57,58,59,60,61,62,63,64,65,66,67)/p+1. The van der Waals surface area contributed by atoms with Crippen molar-refractivity contribution in [3.8, 4) is 0 Å². The molecular formula is C45H55F3N3O16S4+. The molecule has 26 heteroatoms. The van der Waals surface area contributed by atoms with Crippen molar-refractivity contribution in [2.24, 2.45) is 5.41 Å². The van der Waals surface area contributed by atoms with Gasteiger partial charge in [-0.2, -0.15) is 51.4 Å². The Morgan fingerprint density at radius 1 is 0.746 bits per heavy atom. The van der Waals surface area contributed by atoms with Gasteiger partial charge in [0, 0.05) is 60.4 Å². The van der Waals surface area contributed by atoms with Crippen LogP contribution in [0.4, 0.5) is 24.5 Å². The van der Waals surface area contributed by atoms with E-state index in [2.05, 4.69) is 5.32 Å². The summed E-state index contributed by atoms with van der Waals surface area (Å²) in [7, 11) is -18.4. The Labute approximate surface area is 409 Å². The monoisotopic (exact) mass is 1080 g/mol. The van der Waals surface area contributed by atoms with Gasteiger partial charge in [-0.15, -0.1) is 0 Å². The number of benzene rings is 2. The van der Waals surface area contributed by atoms with Gasteiger partial charge in [0.15, 0.2) is 5.71 Å². The number of nitrogens with zero attached hydrogens (tertiary/aromatic N) is 2. The Balaban J connectivity index is 1.72. The number of alkyl halides is 3. The van der Waals surface area contributed by atoms with Gasteiger partial charge in [0.2, 0.25) is 11.6 Å². The molecule has 6 N–H and O–H groups in total. The number of hydrogen-bond acceptors (Lipinski definition) is 12. The predicted octanol–water partition coefficient (Wildman–Crippen LogP) is 5.88. The van der Waals surface area contributed by atoms with Crippen LogP contribution in [0.2, 0.25) is 0 Å². The number of fused-ring (bicyclic) bond motifs is 2. The van der Waals surface area contributed by atoms with E-state index in [4.69, 9.17) is 5.11 Å². The molecule has 0 aromatic heterocycles. The number of carboxylic acids is 1. The lowest BCUT2D eigenvalue weighted by Gasteiger charge is -2.35. The van der Waals surface area contributed by atoms with Crippen molar-refractivity contribution in [1.82, 2.24) is 5.32 Å². The van der Waals surface area contributed by atoms with E-state index >= 15 is 0 Å². The molecule has 1 amide bonds. The summed E-state index contributed by atoms with van der Waals surface area (Å²) in [6.07, 6.45) is -0.142. The second kappa shape index (κ2) is 20.8. The predicted molar refractivity (Wildman–Crippen MR) is 253 cm³/mol. The van der Waals surface area contributed by atoms with E-state index in [0.717, 1.165) is 12.1 Å². The van der Waals surface area contributed by atoms with Crippen LogP contribution in [0.1, 0.15) is 90.2 Å². The summed E-state index contributed by atoms with van der Waals surface area (Å²) in [6, 6.07) is 7.34. The van der Waals surface area contributed by atoms with Crippen molar-refractivity contribution in [3.05, 3.63) is 94.7 Å². The number of aliphatic carboxylic acids is 1. The highest BCUT2D eigenvalue weighted by atomic mass is 32.2. The summed E-state index contributed by atoms with van der Waals surface area (Å²) in [4.78, 5) is 39.7. The van der Waals surface area contributed by atoms with E-state index < -0.39 is 115 Å². The first kappa shape index (κ1) is 56.8. The van der Waals surface area contributed by atoms with E-state index in [1.54, 1.807) is 37.2 Å². The summed E-state index contributed by atoms with van der Waals surface area (Å²) in [5.74, 6) is -6.14. The highest BCUT2D eigenvalue weighted by Gasteiger charge is 2.58. The van der Waals surface area contributed by atoms with Crippen molar-refractivity contribution >= 4 is 75.2 Å². The van der Waals surface area contributed by atoms with Gasteiger partial charge in [0.05, 0.1) is 26.7 Å². The molecule has 2 aromatic carbocycles. The van der Waals surface area contributed by atoms with Gasteiger partial charge in [-0.3, -0.25) is 32.6 Å². The van der Waals surface area contributed by atoms with Gasteiger partial charge >= 0.3 is 12.1 Å². The lowest BCUT2D eigenvalue weighted by atomic mass is 9.68. The molecule has 2 heterocycles. The molecule has 2 aromatic rings. The van der Waals surface area contributed by atoms with Crippen molar-refractivity contribution < 1.29 is 89.1 Å². The molecule has 71 heavy (non-hydrogen) atoms. The Morgan fingerprint density at radius 3 is 1.92 bits per heavy atom. The zero-order chi connectivity index (χ0) is 53.3. The smallest absolute Gasteiger partial charge is 0.451 e. The number of hydrogen-bond donors (Lipinski definition) is 6. The van der Waals surface area contributed by atoms with Crippen molar-refractivity contribution in [3.63, 3.8) is 0 Å². The SMILES string of the molecule is CC1(C)C(/C=C/C2=CC(=C/C=C3/N(CCCS(=O)(=O)O)c4ccc(S(=O)(=O)O)cc4C3(C)C)/CC(C(=O)NCCCCCC(=O)O)(C(=O)C(F)(F)F)C2)=[N+](CCCS(=O)(=O)O)c2ccc(S(=O)(=O)O)cc21. The molecular weight excluding hydrogens is 1020 g/mol. The van der Waals surface area contributed by atoms with Crippen LogP contribution in [-0.4, -0.2) is 122 Å². The van der Waals surface area contributed by atoms with Gasteiger partial charge in [-0.05, 0) is 99.1 Å². The molecule has 0 saturated carbocycles. The largest absolute Gasteiger partial charge is 0.481 e. The molecule has 3 aliphatic rings. The van der Waals surface area contributed by atoms with Crippen molar-refractivity contribution in [1.29, 1.82) is 0 Å². The number of ketones is 1. The van der Waals surface area contributed by atoms with Crippen LogP contribution in [0.5, 0.6) is 0 Å². The minimum absolute atomic E-state index is 0.0114. The second-order valence-corrected chi connectivity index (χ2v) is 24.6. The van der Waals surface area contributed by atoms with E-state index in [1.807, 2.05) is 0 Å². The van der Waals surface area contributed by atoms with Crippen LogP contribution in [0, 0.1) is 5.41 Å². The molecule has 5 rings (SSSR count). The molecule has 0 radical (unpaired) electrons. The number of Topliss-reactive ketones (excluding diaryl/α,β-unsaturated/α-hetero) is 1. The maximum Gasteiger partial charge on any atom is 0.451 e. The quantitative estimate of drug-likeness (QED) is 0.0368. The van der Waals surface area contributed by atoms with E-state index in [-0.39, 0.29) is 69.3 Å². The summed E-state index contributed by atoms with van der Waals surface area (Å²) in [6.45, 7) is 6.17. The third kappa shape index (κ3) is 13.5. The Kier molecular flexibility index (Phi) is 16.6. The molecule has 0 spiro atoms. The first-order valence-corrected chi connectivity index (χ1v) is 28.1. The number of carbonyl (C=O) groups excluding carboxylic acids is 2. The zero-order valence-corrected chi connectivity index (χ0v) is 42.2. The molecule has 1 aliphatic carbocycles. The Hall–Kier alpha value is -5.09. The molecule has 0 bridgehead atoms. The lowest BCUT2D eigenvalue weighted by molar-refractivity contribution is -0.437. The number of unbranched alkanes of at least 4 members (excludes halogenated alkanes) is 2. The molecule has 0 saturated heterocycles.